The van der Waals surface area contributed by atoms with Gasteiger partial charge < -0.3 is 9.88 Å². The number of nitrogens with one attached hydrogen (secondary N) is 1. The van der Waals surface area contributed by atoms with Gasteiger partial charge in [0.2, 0.25) is 0 Å². The Kier molecular flexibility index (Phi) is 10.1. The molecule has 2 fully saturated rings. The van der Waals surface area contributed by atoms with E-state index in [2.05, 4.69) is 27.8 Å². The second kappa shape index (κ2) is 14.1. The van der Waals surface area contributed by atoms with Crippen LogP contribution < -0.4 is 5.32 Å². The van der Waals surface area contributed by atoms with Crippen LogP contribution in [0.15, 0.2) is 60.8 Å². The van der Waals surface area contributed by atoms with Crippen molar-refractivity contribution in [2.24, 2.45) is 5.92 Å². The number of piperidine rings is 1. The maximum absolute atomic E-state index is 13.4. The fraction of sp³-hybridized carbons (Fsp3) is 0.389. The third-order valence-corrected chi connectivity index (χ3v) is 11.0. The highest BCUT2D eigenvalue weighted by Crippen LogP contribution is 2.40. The van der Waals surface area contributed by atoms with Gasteiger partial charge in [-0.1, -0.05) is 77.6 Å². The van der Waals surface area contributed by atoms with Crippen molar-refractivity contribution in [3.05, 3.63) is 103 Å². The topological polar surface area (TPSA) is 54.3 Å². The number of Topliss-reactive ketones (excluding diaryl/α,β-unsaturated/α-hetero) is 1. The van der Waals surface area contributed by atoms with Crippen LogP contribution in [0.3, 0.4) is 0 Å². The van der Waals surface area contributed by atoms with E-state index in [0.717, 1.165) is 55.2 Å². The molecule has 1 amide bonds. The second-order valence-electron chi connectivity index (χ2n) is 12.4. The molecule has 45 heavy (non-hydrogen) atoms. The molecule has 0 aliphatic carbocycles. The molecule has 9 heteroatoms. The van der Waals surface area contributed by atoms with Crippen LogP contribution in [0.5, 0.6) is 0 Å². The summed E-state index contributed by atoms with van der Waals surface area (Å²) in [6.45, 7) is 4.37. The van der Waals surface area contributed by atoms with Gasteiger partial charge in [0.25, 0.3) is 5.91 Å². The first-order valence-electron chi connectivity index (χ1n) is 15.8. The summed E-state index contributed by atoms with van der Waals surface area (Å²) < 4.78 is 2.27. The maximum Gasteiger partial charge on any atom is 0.253 e. The Hall–Kier alpha value is -2.54. The SMILES string of the molecule is CCc1cccc2c(C(=O)NCc3ccc(Cl)c(Cl)c3)cn(CCCN3[C@@H]4CC[C@H]3C[C@@H](CC(=O)c3ccc(Cl)c(Cl)c3)C4)c12. The predicted octanol–water partition coefficient (Wildman–Crippen LogP) is 9.65. The summed E-state index contributed by atoms with van der Waals surface area (Å²) in [5, 5.41) is 5.91. The van der Waals surface area contributed by atoms with Crippen molar-refractivity contribution >= 4 is 69.0 Å². The highest BCUT2D eigenvalue weighted by atomic mass is 35.5. The lowest BCUT2D eigenvalue weighted by molar-refractivity contribution is 0.0807. The number of hydrogen-bond donors (Lipinski definition) is 1. The molecule has 0 radical (unpaired) electrons. The molecule has 3 aromatic carbocycles. The zero-order chi connectivity index (χ0) is 31.7. The van der Waals surface area contributed by atoms with Crippen LogP contribution in [0.4, 0.5) is 0 Å². The first kappa shape index (κ1) is 32.4. The number of halogens is 4. The van der Waals surface area contributed by atoms with Gasteiger partial charge in [-0.25, -0.2) is 0 Å². The van der Waals surface area contributed by atoms with Crippen molar-refractivity contribution in [1.82, 2.24) is 14.8 Å². The lowest BCUT2D eigenvalue weighted by Crippen LogP contribution is -2.43. The first-order valence-corrected chi connectivity index (χ1v) is 17.3. The van der Waals surface area contributed by atoms with E-state index in [-0.39, 0.29) is 11.7 Å². The minimum Gasteiger partial charge on any atom is -0.348 e. The quantitative estimate of drug-likeness (QED) is 0.160. The van der Waals surface area contributed by atoms with Gasteiger partial charge >= 0.3 is 0 Å². The van der Waals surface area contributed by atoms with Crippen LogP contribution >= 0.6 is 46.4 Å². The van der Waals surface area contributed by atoms with E-state index in [1.165, 1.54) is 18.4 Å². The molecule has 1 aromatic heterocycles. The molecule has 1 N–H and O–H groups in total. The third-order valence-electron chi connectivity index (χ3n) is 9.56. The number of rotatable bonds is 11. The highest BCUT2D eigenvalue weighted by molar-refractivity contribution is 6.42. The molecule has 0 unspecified atom stereocenters. The number of amides is 1. The number of para-hydroxylation sites is 1. The largest absolute Gasteiger partial charge is 0.348 e. The number of aryl methyl sites for hydroxylation is 2. The molecule has 2 aliphatic heterocycles. The van der Waals surface area contributed by atoms with Crippen molar-refractivity contribution in [3.63, 3.8) is 0 Å². The van der Waals surface area contributed by atoms with Crippen molar-refractivity contribution in [2.75, 3.05) is 6.54 Å². The van der Waals surface area contributed by atoms with Gasteiger partial charge in [-0.2, -0.15) is 0 Å². The van der Waals surface area contributed by atoms with E-state index < -0.39 is 0 Å². The van der Waals surface area contributed by atoms with Crippen molar-refractivity contribution in [3.8, 4) is 0 Å². The van der Waals surface area contributed by atoms with Crippen molar-refractivity contribution in [1.29, 1.82) is 0 Å². The molecule has 2 saturated heterocycles. The summed E-state index contributed by atoms with van der Waals surface area (Å²) in [5.74, 6) is 0.439. The molecule has 5 nitrogen and oxygen atoms in total. The van der Waals surface area contributed by atoms with E-state index in [9.17, 15) is 9.59 Å². The Bertz CT molecular complexity index is 1720. The van der Waals surface area contributed by atoms with Gasteiger partial charge in [-0.05, 0) is 85.9 Å². The standard InChI is InChI=1S/C36H37Cl4N3O2/c1-2-24-5-3-6-28-29(36(45)41-20-22-7-11-30(37)32(39)17-22)21-42(35(24)28)13-4-14-43-26-9-10-27(43)16-23(15-26)18-34(44)25-8-12-31(38)33(40)19-25/h3,5-8,11-12,17,19,21,23,26-27H,2,4,9-10,13-16,18,20H2,1H3,(H,41,45)/t23-,26+,27-. The fourth-order valence-electron chi connectivity index (χ4n) is 7.40. The smallest absolute Gasteiger partial charge is 0.253 e. The van der Waals surface area contributed by atoms with Gasteiger partial charge in [-0.3, -0.25) is 14.5 Å². The molecule has 236 valence electrons. The second-order valence-corrected chi connectivity index (χ2v) is 14.0. The molecule has 3 heterocycles. The lowest BCUT2D eigenvalue weighted by Gasteiger charge is -2.39. The van der Waals surface area contributed by atoms with Crippen molar-refractivity contribution in [2.45, 2.75) is 77.0 Å². The van der Waals surface area contributed by atoms with Gasteiger partial charge in [0.1, 0.15) is 0 Å². The van der Waals surface area contributed by atoms with Crippen LogP contribution in [-0.4, -0.2) is 39.8 Å². The zero-order valence-corrected chi connectivity index (χ0v) is 28.3. The Balaban J connectivity index is 1.09. The third kappa shape index (κ3) is 7.08. The number of aromatic nitrogens is 1. The number of ketones is 1. The van der Waals surface area contributed by atoms with Crippen LogP contribution in [0.2, 0.25) is 20.1 Å². The lowest BCUT2D eigenvalue weighted by atomic mass is 9.85. The zero-order valence-electron chi connectivity index (χ0n) is 25.3. The Morgan fingerprint density at radius 1 is 0.867 bits per heavy atom. The molecule has 3 atom stereocenters. The van der Waals surface area contributed by atoms with Gasteiger partial charge in [0.15, 0.2) is 5.78 Å². The molecule has 4 aromatic rings. The molecular formula is C36H37Cl4N3O2. The Morgan fingerprint density at radius 3 is 2.27 bits per heavy atom. The van der Waals surface area contributed by atoms with Gasteiger partial charge in [0, 0.05) is 55.3 Å². The average molecular weight is 686 g/mol. The molecule has 6 rings (SSSR count). The maximum atomic E-state index is 13.4. The van der Waals surface area contributed by atoms with E-state index in [1.807, 2.05) is 24.4 Å². The number of carbonyl (C=O) groups excluding carboxylic acids is 2. The van der Waals surface area contributed by atoms with E-state index in [1.54, 1.807) is 30.3 Å². The predicted molar refractivity (Wildman–Crippen MR) is 185 cm³/mol. The summed E-state index contributed by atoms with van der Waals surface area (Å²) in [6.07, 6.45) is 8.96. The minimum atomic E-state index is -0.103. The number of carbonyl (C=O) groups is 2. The van der Waals surface area contributed by atoms with Crippen LogP contribution in [-0.2, 0) is 19.5 Å². The van der Waals surface area contributed by atoms with E-state index in [0.29, 0.717) is 62.2 Å². The monoisotopic (exact) mass is 683 g/mol. The Labute approximate surface area is 284 Å². The summed E-state index contributed by atoms with van der Waals surface area (Å²) in [6, 6.07) is 17.8. The molecule has 0 saturated carbocycles. The van der Waals surface area contributed by atoms with Crippen LogP contribution in [0.1, 0.15) is 77.3 Å². The highest BCUT2D eigenvalue weighted by Gasteiger charge is 2.40. The molecule has 2 bridgehead atoms. The van der Waals surface area contributed by atoms with E-state index in [4.69, 9.17) is 46.4 Å². The number of benzene rings is 3. The molecule has 0 spiro atoms. The summed E-state index contributed by atoms with van der Waals surface area (Å²) in [4.78, 5) is 29.1. The molecule has 2 aliphatic rings. The minimum absolute atomic E-state index is 0.103. The number of fused-ring (bicyclic) bond motifs is 3. The number of hydrogen-bond acceptors (Lipinski definition) is 3. The number of nitrogens with zero attached hydrogens (tertiary/aromatic N) is 2. The van der Waals surface area contributed by atoms with Gasteiger partial charge in [-0.15, -0.1) is 0 Å². The summed E-state index contributed by atoms with van der Waals surface area (Å²) >= 11 is 24.4. The Morgan fingerprint density at radius 2 is 1.58 bits per heavy atom. The first-order chi connectivity index (χ1) is 21.7. The van der Waals surface area contributed by atoms with Crippen LogP contribution in [0, 0.1) is 5.92 Å². The normalized spacial score (nSPS) is 19.7. The molecular weight excluding hydrogens is 648 g/mol. The van der Waals surface area contributed by atoms with Crippen molar-refractivity contribution < 1.29 is 9.59 Å². The van der Waals surface area contributed by atoms with E-state index >= 15 is 0 Å². The fourth-order valence-corrected chi connectivity index (χ4v) is 8.02. The summed E-state index contributed by atoms with van der Waals surface area (Å²) in [5.41, 5.74) is 4.61. The van der Waals surface area contributed by atoms with Crippen LogP contribution in [0.25, 0.3) is 10.9 Å². The van der Waals surface area contributed by atoms with Gasteiger partial charge in [0.05, 0.1) is 31.2 Å². The summed E-state index contributed by atoms with van der Waals surface area (Å²) in [7, 11) is 0. The average Bonchev–Trinajstić information content (AvgIpc) is 3.52.